The van der Waals surface area contributed by atoms with E-state index < -0.39 is 0 Å². The van der Waals surface area contributed by atoms with Gasteiger partial charge in [0.1, 0.15) is 4.32 Å². The van der Waals surface area contributed by atoms with Gasteiger partial charge in [-0.1, -0.05) is 42.2 Å². The quantitative estimate of drug-likeness (QED) is 0.681. The minimum Gasteiger partial charge on any atom is -0.323 e. The Bertz CT molecular complexity index is 674. The van der Waals surface area contributed by atoms with Crippen molar-refractivity contribution in [3.05, 3.63) is 59.3 Å². The highest BCUT2D eigenvalue weighted by atomic mass is 32.2. The lowest BCUT2D eigenvalue weighted by atomic mass is 10.3. The van der Waals surface area contributed by atoms with Crippen molar-refractivity contribution in [1.29, 1.82) is 0 Å². The first-order valence-electron chi connectivity index (χ1n) is 5.71. The fourth-order valence-corrected chi connectivity index (χ4v) is 2.88. The Kier molecular flexibility index (Phi) is 3.23. The SMILES string of the molecule is O=C1NC(=S)S/C1=C\c1ccn(-c2ccccc2)c1. The van der Waals surface area contributed by atoms with E-state index in [0.717, 1.165) is 11.3 Å². The summed E-state index contributed by atoms with van der Waals surface area (Å²) in [6, 6.07) is 12.0. The Morgan fingerprint density at radius 2 is 2.00 bits per heavy atom. The van der Waals surface area contributed by atoms with Gasteiger partial charge in [-0.15, -0.1) is 0 Å². The summed E-state index contributed by atoms with van der Waals surface area (Å²) in [4.78, 5) is 12.2. The van der Waals surface area contributed by atoms with Crippen molar-refractivity contribution in [2.45, 2.75) is 0 Å². The Morgan fingerprint density at radius 1 is 1.21 bits per heavy atom. The molecule has 0 unspecified atom stereocenters. The summed E-state index contributed by atoms with van der Waals surface area (Å²) in [7, 11) is 0. The monoisotopic (exact) mass is 286 g/mol. The summed E-state index contributed by atoms with van der Waals surface area (Å²) < 4.78 is 2.53. The molecule has 0 radical (unpaired) electrons. The smallest absolute Gasteiger partial charge is 0.263 e. The lowest BCUT2D eigenvalue weighted by Gasteiger charge is -2.00. The number of hydrogen-bond acceptors (Lipinski definition) is 3. The Labute approximate surface area is 120 Å². The highest BCUT2D eigenvalue weighted by Gasteiger charge is 2.21. The van der Waals surface area contributed by atoms with E-state index in [1.165, 1.54) is 11.8 Å². The molecule has 19 heavy (non-hydrogen) atoms. The first-order valence-corrected chi connectivity index (χ1v) is 6.93. The van der Waals surface area contributed by atoms with Crippen LogP contribution in [-0.4, -0.2) is 14.8 Å². The van der Waals surface area contributed by atoms with Gasteiger partial charge in [0, 0.05) is 18.1 Å². The van der Waals surface area contributed by atoms with Crippen LogP contribution in [-0.2, 0) is 4.79 Å². The molecule has 1 fully saturated rings. The number of hydrogen-bond donors (Lipinski definition) is 1. The van der Waals surface area contributed by atoms with Crippen LogP contribution >= 0.6 is 24.0 Å². The predicted octanol–water partition coefficient (Wildman–Crippen LogP) is 2.97. The first kappa shape index (κ1) is 12.2. The van der Waals surface area contributed by atoms with Gasteiger partial charge in [-0.3, -0.25) is 4.79 Å². The van der Waals surface area contributed by atoms with Gasteiger partial charge >= 0.3 is 0 Å². The van der Waals surface area contributed by atoms with Crippen molar-refractivity contribution in [3.8, 4) is 5.69 Å². The average Bonchev–Trinajstić information content (AvgIpc) is 2.99. The third-order valence-corrected chi connectivity index (χ3v) is 3.87. The van der Waals surface area contributed by atoms with Crippen LogP contribution in [0.4, 0.5) is 0 Å². The van der Waals surface area contributed by atoms with Gasteiger partial charge in [-0.2, -0.15) is 0 Å². The fraction of sp³-hybridized carbons (Fsp3) is 0. The lowest BCUT2D eigenvalue weighted by Crippen LogP contribution is -2.17. The maximum absolute atomic E-state index is 11.6. The Balaban J connectivity index is 1.89. The lowest BCUT2D eigenvalue weighted by molar-refractivity contribution is -0.115. The number of aromatic nitrogens is 1. The predicted molar refractivity (Wildman–Crippen MR) is 82.1 cm³/mol. The van der Waals surface area contributed by atoms with Gasteiger partial charge in [0.25, 0.3) is 5.91 Å². The Morgan fingerprint density at radius 3 is 2.68 bits per heavy atom. The van der Waals surface area contributed by atoms with E-state index in [-0.39, 0.29) is 5.91 Å². The van der Waals surface area contributed by atoms with Crippen molar-refractivity contribution in [3.63, 3.8) is 0 Å². The molecule has 0 aliphatic carbocycles. The van der Waals surface area contributed by atoms with Crippen LogP contribution in [0.2, 0.25) is 0 Å². The van der Waals surface area contributed by atoms with Gasteiger partial charge in [-0.25, -0.2) is 0 Å². The standard InChI is InChI=1S/C14H10N2OS2/c17-13-12(19-14(18)15-13)8-10-6-7-16(9-10)11-4-2-1-3-5-11/h1-9H,(H,15,17,18)/b12-8-. The topological polar surface area (TPSA) is 34.0 Å². The molecule has 1 aliphatic rings. The third kappa shape index (κ3) is 2.62. The average molecular weight is 286 g/mol. The number of nitrogens with one attached hydrogen (secondary N) is 1. The molecule has 94 valence electrons. The van der Waals surface area contributed by atoms with Crippen molar-refractivity contribution < 1.29 is 4.79 Å². The summed E-state index contributed by atoms with van der Waals surface area (Å²) in [5.41, 5.74) is 2.07. The zero-order chi connectivity index (χ0) is 13.2. The van der Waals surface area contributed by atoms with E-state index in [2.05, 4.69) is 5.32 Å². The molecular formula is C14H10N2OS2. The number of nitrogens with zero attached hydrogens (tertiary/aromatic N) is 1. The second-order valence-electron chi connectivity index (χ2n) is 4.04. The van der Waals surface area contributed by atoms with E-state index in [9.17, 15) is 4.79 Å². The molecule has 0 bridgehead atoms. The molecule has 5 heteroatoms. The number of carbonyl (C=O) groups excluding carboxylic acids is 1. The van der Waals surface area contributed by atoms with E-state index in [1.54, 1.807) is 0 Å². The molecule has 2 aromatic rings. The number of benzene rings is 1. The number of amides is 1. The van der Waals surface area contributed by atoms with E-state index in [0.29, 0.717) is 9.23 Å². The molecule has 2 heterocycles. The van der Waals surface area contributed by atoms with E-state index in [1.807, 2.05) is 59.4 Å². The molecule has 1 aliphatic heterocycles. The molecule has 1 amide bonds. The molecule has 1 saturated heterocycles. The highest BCUT2D eigenvalue weighted by molar-refractivity contribution is 8.26. The zero-order valence-corrected chi connectivity index (χ0v) is 11.5. The van der Waals surface area contributed by atoms with Crippen LogP contribution in [0.1, 0.15) is 5.56 Å². The summed E-state index contributed by atoms with van der Waals surface area (Å²) in [6.07, 6.45) is 5.80. The van der Waals surface area contributed by atoms with Crippen LogP contribution in [0.25, 0.3) is 11.8 Å². The number of para-hydroxylation sites is 1. The van der Waals surface area contributed by atoms with Crippen molar-refractivity contribution in [1.82, 2.24) is 9.88 Å². The van der Waals surface area contributed by atoms with Crippen LogP contribution < -0.4 is 5.32 Å². The van der Waals surface area contributed by atoms with E-state index in [4.69, 9.17) is 12.2 Å². The number of carbonyl (C=O) groups is 1. The van der Waals surface area contributed by atoms with Crippen molar-refractivity contribution in [2.75, 3.05) is 0 Å². The molecule has 1 aromatic heterocycles. The Hall–Kier alpha value is -1.85. The normalized spacial score (nSPS) is 16.9. The second kappa shape index (κ2) is 5.03. The van der Waals surface area contributed by atoms with Gasteiger partial charge in [0.05, 0.1) is 4.91 Å². The molecule has 1 N–H and O–H groups in total. The van der Waals surface area contributed by atoms with Crippen LogP contribution in [0.3, 0.4) is 0 Å². The molecule has 3 nitrogen and oxygen atoms in total. The largest absolute Gasteiger partial charge is 0.323 e. The molecule has 0 saturated carbocycles. The van der Waals surface area contributed by atoms with Gasteiger partial charge in [-0.05, 0) is 29.8 Å². The molecule has 0 atom stereocenters. The van der Waals surface area contributed by atoms with E-state index >= 15 is 0 Å². The summed E-state index contributed by atoms with van der Waals surface area (Å²) in [6.45, 7) is 0. The van der Waals surface area contributed by atoms with Gasteiger partial charge < -0.3 is 9.88 Å². The minimum atomic E-state index is -0.123. The van der Waals surface area contributed by atoms with Crippen LogP contribution in [0.15, 0.2) is 53.7 Å². The summed E-state index contributed by atoms with van der Waals surface area (Å²) >= 11 is 6.25. The van der Waals surface area contributed by atoms with Gasteiger partial charge in [0.15, 0.2) is 0 Å². The minimum absolute atomic E-state index is 0.123. The summed E-state index contributed by atoms with van der Waals surface area (Å²) in [5.74, 6) is -0.123. The van der Waals surface area contributed by atoms with Crippen molar-refractivity contribution >= 4 is 40.3 Å². The molecule has 3 rings (SSSR count). The second-order valence-corrected chi connectivity index (χ2v) is 5.76. The summed E-state index contributed by atoms with van der Waals surface area (Å²) in [5, 5.41) is 2.61. The highest BCUT2D eigenvalue weighted by Crippen LogP contribution is 2.26. The molecular weight excluding hydrogens is 276 g/mol. The number of rotatable bonds is 2. The maximum atomic E-state index is 11.6. The molecule has 0 spiro atoms. The third-order valence-electron chi connectivity index (χ3n) is 2.71. The van der Waals surface area contributed by atoms with Crippen molar-refractivity contribution in [2.24, 2.45) is 0 Å². The molecule has 1 aromatic carbocycles. The fourth-order valence-electron chi connectivity index (χ4n) is 1.83. The maximum Gasteiger partial charge on any atom is 0.263 e. The van der Waals surface area contributed by atoms with Crippen LogP contribution in [0, 0.1) is 0 Å². The zero-order valence-electron chi connectivity index (χ0n) is 9.87. The first-order chi connectivity index (χ1) is 9.22. The van der Waals surface area contributed by atoms with Gasteiger partial charge in [0.2, 0.25) is 0 Å². The number of thiocarbonyl (C=S) groups is 1. The number of thioether (sulfide) groups is 1. The van der Waals surface area contributed by atoms with Crippen LogP contribution in [0.5, 0.6) is 0 Å².